The van der Waals surface area contributed by atoms with E-state index in [4.69, 9.17) is 5.11 Å². The van der Waals surface area contributed by atoms with Gasteiger partial charge in [-0.25, -0.2) is 4.79 Å². The fourth-order valence-corrected chi connectivity index (χ4v) is 2.22. The van der Waals surface area contributed by atoms with Crippen molar-refractivity contribution in [3.05, 3.63) is 11.9 Å². The van der Waals surface area contributed by atoms with Gasteiger partial charge in [0.05, 0.1) is 12.7 Å². The van der Waals surface area contributed by atoms with Gasteiger partial charge < -0.3 is 5.11 Å². The zero-order valence-electron chi connectivity index (χ0n) is 9.33. The van der Waals surface area contributed by atoms with Crippen molar-refractivity contribution in [2.45, 2.75) is 32.4 Å². The standard InChI is InChI=1S/C10H16N4O2/c1-2-13-5-3-4-8(13)6-14-7-9(10(15)16)11-12-14/h7-8H,2-6H2,1H3,(H,15,16)/t8-/m1/s1. The van der Waals surface area contributed by atoms with Crippen molar-refractivity contribution in [2.24, 2.45) is 0 Å². The molecule has 2 heterocycles. The van der Waals surface area contributed by atoms with Crippen LogP contribution in [0.1, 0.15) is 30.3 Å². The van der Waals surface area contributed by atoms with Gasteiger partial charge in [-0.3, -0.25) is 9.58 Å². The van der Waals surface area contributed by atoms with Crippen LogP contribution in [-0.2, 0) is 6.54 Å². The molecule has 1 fully saturated rings. The molecule has 0 radical (unpaired) electrons. The summed E-state index contributed by atoms with van der Waals surface area (Å²) in [5, 5.41) is 16.2. The molecule has 1 N–H and O–H groups in total. The first-order valence-electron chi connectivity index (χ1n) is 5.58. The molecule has 1 aliphatic heterocycles. The second-order valence-electron chi connectivity index (χ2n) is 4.06. The van der Waals surface area contributed by atoms with Crippen molar-refractivity contribution in [1.82, 2.24) is 19.9 Å². The Morgan fingerprint density at radius 2 is 2.50 bits per heavy atom. The lowest BCUT2D eigenvalue weighted by atomic mass is 10.2. The van der Waals surface area contributed by atoms with E-state index in [-0.39, 0.29) is 5.69 Å². The molecule has 6 nitrogen and oxygen atoms in total. The average molecular weight is 224 g/mol. The molecule has 0 aromatic carbocycles. The van der Waals surface area contributed by atoms with Gasteiger partial charge in [0, 0.05) is 6.04 Å². The SMILES string of the molecule is CCN1CCC[C@@H]1Cn1cc(C(=O)O)nn1. The van der Waals surface area contributed by atoms with E-state index in [1.165, 1.54) is 12.6 Å². The highest BCUT2D eigenvalue weighted by atomic mass is 16.4. The van der Waals surface area contributed by atoms with Gasteiger partial charge in [-0.15, -0.1) is 5.10 Å². The molecule has 1 aliphatic rings. The third-order valence-electron chi connectivity index (χ3n) is 3.06. The zero-order chi connectivity index (χ0) is 11.5. The molecule has 16 heavy (non-hydrogen) atoms. The number of likely N-dealkylation sites (tertiary alicyclic amines) is 1. The van der Waals surface area contributed by atoms with Crippen LogP contribution in [0.4, 0.5) is 0 Å². The minimum Gasteiger partial charge on any atom is -0.476 e. The number of carboxylic acid groups (broad SMARTS) is 1. The summed E-state index contributed by atoms with van der Waals surface area (Å²) in [6.45, 7) is 5.03. The van der Waals surface area contributed by atoms with Crippen LogP contribution in [0.2, 0.25) is 0 Å². The minimum atomic E-state index is -1.02. The maximum atomic E-state index is 10.6. The number of carboxylic acids is 1. The van der Waals surface area contributed by atoms with Crippen LogP contribution in [0.25, 0.3) is 0 Å². The molecule has 0 bridgehead atoms. The lowest BCUT2D eigenvalue weighted by Gasteiger charge is -2.22. The monoisotopic (exact) mass is 224 g/mol. The summed E-state index contributed by atoms with van der Waals surface area (Å²) in [5.74, 6) is -1.02. The maximum absolute atomic E-state index is 10.6. The Hall–Kier alpha value is -1.43. The molecule has 2 rings (SSSR count). The minimum absolute atomic E-state index is 0.0149. The van der Waals surface area contributed by atoms with E-state index in [0.29, 0.717) is 6.04 Å². The third-order valence-corrected chi connectivity index (χ3v) is 3.06. The van der Waals surface area contributed by atoms with Crippen molar-refractivity contribution < 1.29 is 9.90 Å². The number of likely N-dealkylation sites (N-methyl/N-ethyl adjacent to an activating group) is 1. The van der Waals surface area contributed by atoms with Gasteiger partial charge in [0.15, 0.2) is 5.69 Å². The summed E-state index contributed by atoms with van der Waals surface area (Å²) in [6.07, 6.45) is 3.85. The molecule has 0 aliphatic carbocycles. The van der Waals surface area contributed by atoms with Gasteiger partial charge >= 0.3 is 5.97 Å². The lowest BCUT2D eigenvalue weighted by molar-refractivity contribution is 0.0690. The summed E-state index contributed by atoms with van der Waals surface area (Å²) in [4.78, 5) is 13.0. The van der Waals surface area contributed by atoms with Crippen molar-refractivity contribution in [3.8, 4) is 0 Å². The fourth-order valence-electron chi connectivity index (χ4n) is 2.22. The first kappa shape index (κ1) is 11.1. The Morgan fingerprint density at radius 1 is 1.69 bits per heavy atom. The van der Waals surface area contributed by atoms with Crippen LogP contribution in [0.3, 0.4) is 0 Å². The fraction of sp³-hybridized carbons (Fsp3) is 0.700. The van der Waals surface area contributed by atoms with E-state index in [2.05, 4.69) is 22.1 Å². The molecular formula is C10H16N4O2. The number of hydrogen-bond donors (Lipinski definition) is 1. The molecule has 0 saturated carbocycles. The summed E-state index contributed by atoms with van der Waals surface area (Å²) in [6, 6.07) is 0.466. The van der Waals surface area contributed by atoms with Crippen LogP contribution in [-0.4, -0.2) is 50.1 Å². The topological polar surface area (TPSA) is 71.2 Å². The normalized spacial score (nSPS) is 21.4. The van der Waals surface area contributed by atoms with Gasteiger partial charge in [-0.2, -0.15) is 0 Å². The van der Waals surface area contributed by atoms with Gasteiger partial charge in [0.1, 0.15) is 0 Å². The molecule has 1 atom stereocenters. The molecule has 0 spiro atoms. The number of aromatic carboxylic acids is 1. The van der Waals surface area contributed by atoms with Gasteiger partial charge in [-0.1, -0.05) is 12.1 Å². The van der Waals surface area contributed by atoms with Gasteiger partial charge in [0.25, 0.3) is 0 Å². The zero-order valence-corrected chi connectivity index (χ0v) is 9.33. The van der Waals surface area contributed by atoms with E-state index in [9.17, 15) is 4.79 Å². The highest BCUT2D eigenvalue weighted by molar-refractivity contribution is 5.84. The van der Waals surface area contributed by atoms with Crippen LogP contribution in [0.15, 0.2) is 6.20 Å². The summed E-state index contributed by atoms with van der Waals surface area (Å²) in [7, 11) is 0. The van der Waals surface area contributed by atoms with E-state index in [1.807, 2.05) is 0 Å². The summed E-state index contributed by atoms with van der Waals surface area (Å²) < 4.78 is 1.63. The number of hydrogen-bond acceptors (Lipinski definition) is 4. The smallest absolute Gasteiger partial charge is 0.358 e. The average Bonchev–Trinajstić information content (AvgIpc) is 2.87. The Labute approximate surface area is 93.9 Å². The molecule has 88 valence electrons. The Kier molecular flexibility index (Phi) is 3.19. The quantitative estimate of drug-likeness (QED) is 0.804. The Morgan fingerprint density at radius 3 is 3.12 bits per heavy atom. The van der Waals surface area contributed by atoms with Crippen molar-refractivity contribution in [2.75, 3.05) is 13.1 Å². The predicted octanol–water partition coefficient (Wildman–Crippen LogP) is 0.461. The molecule has 6 heteroatoms. The highest BCUT2D eigenvalue weighted by Gasteiger charge is 2.23. The van der Waals surface area contributed by atoms with E-state index < -0.39 is 5.97 Å². The third kappa shape index (κ3) is 2.21. The van der Waals surface area contributed by atoms with E-state index in [0.717, 1.165) is 26.1 Å². The van der Waals surface area contributed by atoms with Crippen LogP contribution in [0.5, 0.6) is 0 Å². The van der Waals surface area contributed by atoms with Gasteiger partial charge in [0.2, 0.25) is 0 Å². The first-order chi connectivity index (χ1) is 7.70. The number of rotatable bonds is 4. The molecular weight excluding hydrogens is 208 g/mol. The number of nitrogens with zero attached hydrogens (tertiary/aromatic N) is 4. The maximum Gasteiger partial charge on any atom is 0.358 e. The summed E-state index contributed by atoms with van der Waals surface area (Å²) in [5.41, 5.74) is 0.0149. The van der Waals surface area contributed by atoms with Crippen LogP contribution < -0.4 is 0 Å². The molecule has 0 unspecified atom stereocenters. The molecule has 1 aromatic rings. The second kappa shape index (κ2) is 4.61. The van der Waals surface area contributed by atoms with Crippen molar-refractivity contribution in [1.29, 1.82) is 0 Å². The van der Waals surface area contributed by atoms with E-state index >= 15 is 0 Å². The molecule has 1 saturated heterocycles. The molecule has 1 aromatic heterocycles. The van der Waals surface area contributed by atoms with Crippen LogP contribution in [0, 0.1) is 0 Å². The highest BCUT2D eigenvalue weighted by Crippen LogP contribution is 2.17. The number of carbonyl (C=O) groups is 1. The Balaban J connectivity index is 2.00. The van der Waals surface area contributed by atoms with Crippen LogP contribution >= 0.6 is 0 Å². The van der Waals surface area contributed by atoms with Crippen molar-refractivity contribution in [3.63, 3.8) is 0 Å². The van der Waals surface area contributed by atoms with Gasteiger partial charge in [-0.05, 0) is 25.9 Å². The first-order valence-corrected chi connectivity index (χ1v) is 5.58. The molecule has 0 amide bonds. The summed E-state index contributed by atoms with van der Waals surface area (Å²) >= 11 is 0. The largest absolute Gasteiger partial charge is 0.476 e. The number of aromatic nitrogens is 3. The van der Waals surface area contributed by atoms with Crippen molar-refractivity contribution >= 4 is 5.97 Å². The predicted molar refractivity (Wildman–Crippen MR) is 57.3 cm³/mol. The lowest BCUT2D eigenvalue weighted by Crippen LogP contribution is -2.32. The van der Waals surface area contributed by atoms with E-state index in [1.54, 1.807) is 4.68 Å². The Bertz CT molecular complexity index is 377. The second-order valence-corrected chi connectivity index (χ2v) is 4.06.